The second-order valence-electron chi connectivity index (χ2n) is 12.2. The summed E-state index contributed by atoms with van der Waals surface area (Å²) in [6.07, 6.45) is 10.9. The third-order valence-corrected chi connectivity index (χ3v) is 8.97. The number of carbonyl (C=O) groups excluding carboxylic acids is 3. The van der Waals surface area contributed by atoms with E-state index in [9.17, 15) is 19.5 Å². The molecular formula is C32H50N2O8S. The summed E-state index contributed by atoms with van der Waals surface area (Å²) in [5.41, 5.74) is 0.389. The number of allylic oxidation sites excluding steroid dienone is 2. The molecule has 1 spiro atoms. The van der Waals surface area contributed by atoms with Gasteiger partial charge in [-0.3, -0.25) is 14.4 Å². The Morgan fingerprint density at radius 3 is 2.58 bits per heavy atom. The number of amides is 2. The lowest BCUT2D eigenvalue weighted by Gasteiger charge is -2.39. The van der Waals surface area contributed by atoms with Gasteiger partial charge in [-0.1, -0.05) is 30.7 Å². The molecule has 0 saturated carbocycles. The topological polar surface area (TPSA) is 127 Å². The van der Waals surface area contributed by atoms with E-state index in [1.54, 1.807) is 29.7 Å². The minimum Gasteiger partial charge on any atom is -0.459 e. The van der Waals surface area contributed by atoms with Gasteiger partial charge in [0.15, 0.2) is 0 Å². The number of nitrogens with one attached hydrogen (secondary N) is 1. The van der Waals surface area contributed by atoms with Crippen molar-refractivity contribution in [3.8, 4) is 0 Å². The normalized spacial score (nSPS) is 33.5. The molecule has 0 aromatic heterocycles. The Kier molecular flexibility index (Phi) is 13.3. The lowest BCUT2D eigenvalue weighted by Crippen LogP contribution is -2.51. The highest BCUT2D eigenvalue weighted by Gasteiger charge is 2.58. The molecule has 0 unspecified atom stereocenters. The van der Waals surface area contributed by atoms with Gasteiger partial charge in [0.1, 0.15) is 23.9 Å². The summed E-state index contributed by atoms with van der Waals surface area (Å²) in [5.74, 6) is 0.504. The van der Waals surface area contributed by atoms with Crippen molar-refractivity contribution in [1.82, 2.24) is 10.2 Å². The fraction of sp³-hybridized carbons (Fsp3) is 0.719. The highest BCUT2D eigenvalue weighted by atomic mass is 32.2. The lowest BCUT2D eigenvalue weighted by atomic mass is 9.87. The smallest absolute Gasteiger partial charge is 0.303 e. The van der Waals surface area contributed by atoms with Crippen LogP contribution >= 0.6 is 11.8 Å². The van der Waals surface area contributed by atoms with Crippen molar-refractivity contribution >= 4 is 29.5 Å². The Labute approximate surface area is 260 Å². The van der Waals surface area contributed by atoms with Gasteiger partial charge in [-0.05, 0) is 51.9 Å². The standard InChI is InChI=1S/C32H50N2O8S/c1-20(8-11-27-21(2)16-26(23(4)41-27)33-29(36)13-10-22(3)40-24(5)35)9-12-28-31(38)32(19-39-32)18-25(42-28)17-30(37)34(6)14-15-43-7/h8-10,12-13,21-23,25-28,31,38H,11,14-19H2,1-7H3,(H,33,36)/t21-,22-,23+,25+,26+,27-,28+,31+,32+/m0/s1. The molecule has 2 N–H and O–H groups in total. The van der Waals surface area contributed by atoms with Gasteiger partial charge in [0.05, 0.1) is 37.4 Å². The molecule has 10 nitrogen and oxygen atoms in total. The molecule has 3 heterocycles. The Balaban J connectivity index is 1.50. The molecule has 0 aromatic carbocycles. The molecule has 43 heavy (non-hydrogen) atoms. The highest BCUT2D eigenvalue weighted by molar-refractivity contribution is 7.98. The fourth-order valence-electron chi connectivity index (χ4n) is 5.59. The number of ether oxygens (including phenoxy) is 4. The van der Waals surface area contributed by atoms with Crippen molar-refractivity contribution in [2.75, 3.05) is 32.2 Å². The molecule has 0 bridgehead atoms. The van der Waals surface area contributed by atoms with Crippen LogP contribution in [0.4, 0.5) is 0 Å². The third-order valence-electron chi connectivity index (χ3n) is 8.38. The maximum atomic E-state index is 12.7. The summed E-state index contributed by atoms with van der Waals surface area (Å²) in [6.45, 7) is 10.3. The number of hydrogen-bond donors (Lipinski definition) is 2. The molecular weight excluding hydrogens is 572 g/mol. The number of aliphatic hydroxyl groups excluding tert-OH is 1. The van der Waals surface area contributed by atoms with Gasteiger partial charge in [0.2, 0.25) is 11.8 Å². The number of aliphatic hydroxyl groups is 1. The highest BCUT2D eigenvalue weighted by Crippen LogP contribution is 2.43. The first kappa shape index (κ1) is 35.3. The molecule has 3 aliphatic heterocycles. The molecule has 11 heteroatoms. The van der Waals surface area contributed by atoms with Crippen molar-refractivity contribution in [1.29, 1.82) is 0 Å². The Morgan fingerprint density at radius 1 is 1.21 bits per heavy atom. The van der Waals surface area contributed by atoms with E-state index in [1.807, 2.05) is 39.3 Å². The second kappa shape index (κ2) is 16.2. The number of carbonyl (C=O) groups is 3. The van der Waals surface area contributed by atoms with Crippen molar-refractivity contribution in [2.45, 2.75) is 109 Å². The number of hydrogen-bond acceptors (Lipinski definition) is 9. The summed E-state index contributed by atoms with van der Waals surface area (Å²) in [4.78, 5) is 37.9. The number of nitrogens with zero attached hydrogens (tertiary/aromatic N) is 1. The quantitative estimate of drug-likeness (QED) is 0.138. The zero-order chi connectivity index (χ0) is 31.7. The molecule has 3 rings (SSSR count). The average molecular weight is 623 g/mol. The average Bonchev–Trinajstić information content (AvgIpc) is 3.72. The van der Waals surface area contributed by atoms with Crippen LogP contribution in [0, 0.1) is 5.92 Å². The number of epoxide rings is 1. The molecule has 242 valence electrons. The first-order chi connectivity index (χ1) is 20.3. The zero-order valence-electron chi connectivity index (χ0n) is 26.6. The first-order valence-corrected chi connectivity index (χ1v) is 16.6. The maximum Gasteiger partial charge on any atom is 0.303 e. The summed E-state index contributed by atoms with van der Waals surface area (Å²) >= 11 is 1.70. The van der Waals surface area contributed by atoms with Crippen LogP contribution < -0.4 is 5.32 Å². The maximum absolute atomic E-state index is 12.7. The van der Waals surface area contributed by atoms with E-state index in [2.05, 4.69) is 18.3 Å². The van der Waals surface area contributed by atoms with E-state index in [1.165, 1.54) is 13.0 Å². The number of thioether (sulfide) groups is 1. The van der Waals surface area contributed by atoms with Crippen molar-refractivity contribution in [2.24, 2.45) is 5.92 Å². The Morgan fingerprint density at radius 2 is 1.93 bits per heavy atom. The molecule has 0 radical (unpaired) electrons. The van der Waals surface area contributed by atoms with E-state index < -0.39 is 29.9 Å². The summed E-state index contributed by atoms with van der Waals surface area (Å²) in [5, 5.41) is 13.9. The molecule has 0 aliphatic carbocycles. The minimum absolute atomic E-state index is 0.00387. The predicted molar refractivity (Wildman–Crippen MR) is 167 cm³/mol. The van der Waals surface area contributed by atoms with Gasteiger partial charge >= 0.3 is 5.97 Å². The van der Waals surface area contributed by atoms with Crippen molar-refractivity contribution in [3.63, 3.8) is 0 Å². The summed E-state index contributed by atoms with van der Waals surface area (Å²) in [7, 11) is 1.81. The Bertz CT molecular complexity index is 1060. The number of esters is 1. The fourth-order valence-corrected chi connectivity index (χ4v) is 6.05. The van der Waals surface area contributed by atoms with Crippen molar-refractivity contribution in [3.05, 3.63) is 36.0 Å². The van der Waals surface area contributed by atoms with E-state index in [0.29, 0.717) is 26.0 Å². The summed E-state index contributed by atoms with van der Waals surface area (Å²) < 4.78 is 23.2. The Hall–Kier alpha value is -2.18. The molecule has 3 saturated heterocycles. The van der Waals surface area contributed by atoms with E-state index in [4.69, 9.17) is 18.9 Å². The van der Waals surface area contributed by atoms with Crippen molar-refractivity contribution < 1.29 is 38.4 Å². The SMILES string of the molecule is CSCCN(C)C(=O)C[C@@H]1C[C@@]2(CO2)[C@H](O)[C@@H](C=CC(C)=CC[C@@H]2O[C@H](C)[C@H](NC(=O)C=C[C@H](C)OC(C)=O)C[C@@H]2C)O1. The molecule has 3 aliphatic rings. The molecule has 2 amide bonds. The summed E-state index contributed by atoms with van der Waals surface area (Å²) in [6, 6.07) is -0.121. The predicted octanol–water partition coefficient (Wildman–Crippen LogP) is 3.18. The van der Waals surface area contributed by atoms with Crippen LogP contribution in [0.5, 0.6) is 0 Å². The van der Waals surface area contributed by atoms with E-state index in [-0.39, 0.29) is 48.5 Å². The van der Waals surface area contributed by atoms with Crippen LogP contribution in [0.2, 0.25) is 0 Å². The monoisotopic (exact) mass is 622 g/mol. The van der Waals surface area contributed by atoms with Gasteiger partial charge in [0, 0.05) is 38.8 Å². The van der Waals surface area contributed by atoms with Gasteiger partial charge in [-0.2, -0.15) is 11.8 Å². The molecule has 9 atom stereocenters. The lowest BCUT2D eigenvalue weighted by molar-refractivity contribution is -0.150. The van der Waals surface area contributed by atoms with Crippen LogP contribution in [0.1, 0.15) is 60.3 Å². The third kappa shape index (κ3) is 10.7. The van der Waals surface area contributed by atoms with E-state index >= 15 is 0 Å². The van der Waals surface area contributed by atoms with Gasteiger partial charge in [-0.15, -0.1) is 0 Å². The largest absolute Gasteiger partial charge is 0.459 e. The van der Waals surface area contributed by atoms with Crippen LogP contribution in [-0.2, 0) is 33.3 Å². The van der Waals surface area contributed by atoms with E-state index in [0.717, 1.165) is 17.7 Å². The minimum atomic E-state index is -0.786. The van der Waals surface area contributed by atoms with Crippen LogP contribution in [0.3, 0.4) is 0 Å². The van der Waals surface area contributed by atoms with Crippen LogP contribution in [0.25, 0.3) is 0 Å². The number of rotatable bonds is 13. The first-order valence-electron chi connectivity index (χ1n) is 15.2. The zero-order valence-corrected chi connectivity index (χ0v) is 27.4. The second-order valence-corrected chi connectivity index (χ2v) is 13.1. The van der Waals surface area contributed by atoms with Gasteiger partial charge < -0.3 is 34.3 Å². The van der Waals surface area contributed by atoms with Crippen LogP contribution in [-0.4, -0.2) is 108 Å². The van der Waals surface area contributed by atoms with Gasteiger partial charge in [-0.25, -0.2) is 0 Å². The van der Waals surface area contributed by atoms with Gasteiger partial charge in [0.25, 0.3) is 0 Å². The molecule has 3 fully saturated rings. The molecule has 0 aromatic rings. The van der Waals surface area contributed by atoms with Crippen LogP contribution in [0.15, 0.2) is 36.0 Å².